The SMILES string of the molecule is CCCCCC[PH](CCCCCC)(CCCOC(O)C(O)C(O)C(O)C(C)CO)Cc1ccc(C(C)C(C)(C)SC(=S)SC)cc1. The van der Waals surface area contributed by atoms with Crippen LogP contribution in [-0.4, -0.2) is 96.4 Å². The number of aliphatic hydroxyl groups is 5. The standard InChI is InChI=1S/C36H67O6PS3/c1-8-10-12-14-22-43(23-15-13-11-9-2,24-16-21-42-34(41)33(40)32(39)31(38)27(3)25-37)26-29-17-19-30(20-18-29)28(4)36(5,6)46-35(44)45-7/h17-20,27-28,31-34,37-41,43H,8-16,21-26H2,1-7H3. The quantitative estimate of drug-likeness (QED) is 0.0299. The number of rotatable bonds is 25. The molecule has 0 heterocycles. The van der Waals surface area contributed by atoms with Gasteiger partial charge in [-0.2, -0.15) is 0 Å². The first kappa shape index (κ1) is 44.2. The van der Waals surface area contributed by atoms with E-state index in [0.717, 1.165) is 22.3 Å². The summed E-state index contributed by atoms with van der Waals surface area (Å²) in [6, 6.07) is 9.32. The van der Waals surface area contributed by atoms with Crippen LogP contribution in [0.5, 0.6) is 0 Å². The minimum absolute atomic E-state index is 0.00201. The zero-order chi connectivity index (χ0) is 34.8. The Morgan fingerprint density at radius 3 is 1.87 bits per heavy atom. The van der Waals surface area contributed by atoms with Crippen LogP contribution in [0.25, 0.3) is 0 Å². The van der Waals surface area contributed by atoms with E-state index >= 15 is 0 Å². The molecule has 5 N–H and O–H groups in total. The van der Waals surface area contributed by atoms with E-state index in [2.05, 4.69) is 58.9 Å². The van der Waals surface area contributed by atoms with Gasteiger partial charge in [0.2, 0.25) is 0 Å². The van der Waals surface area contributed by atoms with E-state index in [1.807, 2.05) is 6.26 Å². The Hall–Kier alpha value is 0.200. The van der Waals surface area contributed by atoms with E-state index in [1.165, 1.54) is 74.8 Å². The van der Waals surface area contributed by atoms with Crippen LogP contribution in [0, 0.1) is 5.92 Å². The molecule has 0 amide bonds. The molecular weight excluding hydrogens is 656 g/mol. The van der Waals surface area contributed by atoms with E-state index in [4.69, 9.17) is 17.0 Å². The number of unbranched alkanes of at least 4 members (excludes halogenated alkanes) is 6. The van der Waals surface area contributed by atoms with Gasteiger partial charge in [0.25, 0.3) is 0 Å². The molecule has 270 valence electrons. The monoisotopic (exact) mass is 722 g/mol. The summed E-state index contributed by atoms with van der Waals surface area (Å²) in [5.41, 5.74) is 2.75. The first-order valence-corrected chi connectivity index (χ1v) is 22.9. The van der Waals surface area contributed by atoms with Crippen LogP contribution in [0.4, 0.5) is 0 Å². The van der Waals surface area contributed by atoms with E-state index in [0.29, 0.717) is 5.92 Å². The molecule has 6 unspecified atom stereocenters. The fourth-order valence-electron chi connectivity index (χ4n) is 6.16. The predicted molar refractivity (Wildman–Crippen MR) is 208 cm³/mol. The van der Waals surface area contributed by atoms with Crippen molar-refractivity contribution in [1.82, 2.24) is 0 Å². The van der Waals surface area contributed by atoms with Gasteiger partial charge in [-0.05, 0) is 0 Å². The predicted octanol–water partition coefficient (Wildman–Crippen LogP) is 7.80. The van der Waals surface area contributed by atoms with Crippen LogP contribution in [-0.2, 0) is 10.9 Å². The van der Waals surface area contributed by atoms with Crippen molar-refractivity contribution in [2.45, 2.75) is 141 Å². The molecule has 0 aromatic heterocycles. The summed E-state index contributed by atoms with van der Waals surface area (Å²) in [7, 11) is -1.77. The molecule has 0 fully saturated rings. The van der Waals surface area contributed by atoms with Gasteiger partial charge in [-0.3, -0.25) is 0 Å². The third-order valence-corrected chi connectivity index (χ3v) is 18.0. The van der Waals surface area contributed by atoms with Gasteiger partial charge in [0.1, 0.15) is 0 Å². The summed E-state index contributed by atoms with van der Waals surface area (Å²) >= 11 is 8.95. The van der Waals surface area contributed by atoms with Gasteiger partial charge in [-0.1, -0.05) is 0 Å². The zero-order valence-electron chi connectivity index (χ0n) is 29.7. The summed E-state index contributed by atoms with van der Waals surface area (Å²) in [4.78, 5) is 0. The fraction of sp³-hybridized carbons (Fsp3) is 0.806. The van der Waals surface area contributed by atoms with Crippen molar-refractivity contribution in [3.63, 3.8) is 0 Å². The molecule has 1 aromatic carbocycles. The van der Waals surface area contributed by atoms with Crippen LogP contribution in [0.15, 0.2) is 24.3 Å². The van der Waals surface area contributed by atoms with Gasteiger partial charge < -0.3 is 0 Å². The summed E-state index contributed by atoms with van der Waals surface area (Å²) in [5.74, 6) is -0.281. The van der Waals surface area contributed by atoms with Crippen LogP contribution < -0.4 is 0 Å². The Labute approximate surface area is 295 Å². The van der Waals surface area contributed by atoms with Crippen molar-refractivity contribution in [3.8, 4) is 0 Å². The Balaban J connectivity index is 3.09. The molecule has 0 radical (unpaired) electrons. The summed E-state index contributed by atoms with van der Waals surface area (Å²) in [5, 5.41) is 50.5. The first-order chi connectivity index (χ1) is 21.8. The second-order valence-electron chi connectivity index (χ2n) is 13.9. The molecule has 1 rings (SSSR count). The number of aliphatic hydroxyl groups excluding tert-OH is 5. The molecule has 46 heavy (non-hydrogen) atoms. The van der Waals surface area contributed by atoms with E-state index < -0.39 is 37.8 Å². The first-order valence-electron chi connectivity index (χ1n) is 17.6. The van der Waals surface area contributed by atoms with Gasteiger partial charge in [-0.25, -0.2) is 0 Å². The molecule has 0 spiro atoms. The Morgan fingerprint density at radius 1 is 0.826 bits per heavy atom. The van der Waals surface area contributed by atoms with Gasteiger partial charge in [-0.15, -0.1) is 0 Å². The van der Waals surface area contributed by atoms with Crippen LogP contribution in [0.3, 0.4) is 0 Å². The number of thioether (sulfide) groups is 2. The molecule has 0 saturated heterocycles. The van der Waals surface area contributed by atoms with Crippen LogP contribution >= 0.6 is 43.0 Å². The maximum atomic E-state index is 10.4. The molecule has 0 aliphatic rings. The molecule has 1 aromatic rings. The molecule has 6 nitrogen and oxygen atoms in total. The van der Waals surface area contributed by atoms with E-state index in [-0.39, 0.29) is 18.0 Å². The normalized spacial score (nSPS) is 16.9. The topological polar surface area (TPSA) is 110 Å². The number of hydrogen-bond donors (Lipinski definition) is 5. The van der Waals surface area contributed by atoms with Gasteiger partial charge in [0, 0.05) is 0 Å². The van der Waals surface area contributed by atoms with Gasteiger partial charge >= 0.3 is 297 Å². The van der Waals surface area contributed by atoms with Crippen molar-refractivity contribution in [3.05, 3.63) is 35.4 Å². The Morgan fingerprint density at radius 2 is 1.37 bits per heavy atom. The van der Waals surface area contributed by atoms with E-state index in [1.54, 1.807) is 30.4 Å². The third-order valence-electron chi connectivity index (χ3n) is 9.74. The maximum absolute atomic E-state index is 10.4. The van der Waals surface area contributed by atoms with Gasteiger partial charge in [0.05, 0.1) is 0 Å². The van der Waals surface area contributed by atoms with Crippen molar-refractivity contribution < 1.29 is 30.3 Å². The Kier molecular flexibility index (Phi) is 22.7. The molecular formula is C36H67O6PS3. The van der Waals surface area contributed by atoms with Crippen molar-refractivity contribution in [2.24, 2.45) is 5.92 Å². The molecule has 0 saturated carbocycles. The second-order valence-corrected chi connectivity index (χ2v) is 22.4. The summed E-state index contributed by atoms with van der Waals surface area (Å²) in [6.45, 7) is 12.9. The minimum atomic E-state index is -1.77. The van der Waals surface area contributed by atoms with Crippen molar-refractivity contribution in [1.29, 1.82) is 0 Å². The Bertz CT molecular complexity index is 938. The average Bonchev–Trinajstić information content (AvgIpc) is 3.05. The molecule has 0 aliphatic heterocycles. The third kappa shape index (κ3) is 15.8. The number of ether oxygens (including phenoxy) is 1. The second kappa shape index (κ2) is 23.6. The zero-order valence-corrected chi connectivity index (χ0v) is 33.2. The number of thiocarbonyl (C=S) groups is 1. The van der Waals surface area contributed by atoms with Gasteiger partial charge in [0.15, 0.2) is 0 Å². The number of hydrogen-bond acceptors (Lipinski definition) is 9. The molecule has 10 heteroatoms. The fourth-order valence-corrected chi connectivity index (χ4v) is 13.8. The van der Waals surface area contributed by atoms with Crippen molar-refractivity contribution in [2.75, 3.05) is 38.0 Å². The van der Waals surface area contributed by atoms with Crippen LogP contribution in [0.2, 0.25) is 0 Å². The molecule has 0 aliphatic carbocycles. The van der Waals surface area contributed by atoms with E-state index in [9.17, 15) is 25.5 Å². The average molecular weight is 723 g/mol. The number of benzene rings is 1. The summed E-state index contributed by atoms with van der Waals surface area (Å²) < 4.78 is 6.59. The molecule has 0 bridgehead atoms. The van der Waals surface area contributed by atoms with Crippen LogP contribution in [0.1, 0.15) is 116 Å². The molecule has 6 atom stereocenters. The summed E-state index contributed by atoms with van der Waals surface area (Å²) in [6.07, 6.45) is 11.3. The van der Waals surface area contributed by atoms with Crippen molar-refractivity contribution >= 4 is 46.5 Å².